The summed E-state index contributed by atoms with van der Waals surface area (Å²) in [7, 11) is 3.23. The summed E-state index contributed by atoms with van der Waals surface area (Å²) in [5.74, 6) is 1.06. The minimum absolute atomic E-state index is 0.351. The summed E-state index contributed by atoms with van der Waals surface area (Å²) in [6, 6.07) is 11.0. The lowest BCUT2D eigenvalue weighted by Crippen LogP contribution is -2.10. The Morgan fingerprint density at radius 3 is 2.50 bits per heavy atom. The number of hydrogen-bond donors (Lipinski definition) is 2. The van der Waals surface area contributed by atoms with Gasteiger partial charge >= 0.3 is 5.97 Å². The van der Waals surface area contributed by atoms with Gasteiger partial charge in [0.25, 0.3) is 0 Å². The Morgan fingerprint density at radius 2 is 1.85 bits per heavy atom. The van der Waals surface area contributed by atoms with Gasteiger partial charge in [0.1, 0.15) is 0 Å². The van der Waals surface area contributed by atoms with Gasteiger partial charge < -0.3 is 25.3 Å². The summed E-state index contributed by atoms with van der Waals surface area (Å²) in [4.78, 5) is 11.9. The molecular weight excluding hydrogens is 332 g/mol. The maximum absolute atomic E-state index is 11.9. The zero-order chi connectivity index (χ0) is 18.9. The number of carbonyl (C=O) groups is 1. The highest BCUT2D eigenvalue weighted by molar-refractivity contribution is 5.91. The van der Waals surface area contributed by atoms with Gasteiger partial charge in [-0.3, -0.25) is 0 Å². The van der Waals surface area contributed by atoms with Crippen molar-refractivity contribution in [1.29, 1.82) is 0 Å². The summed E-state index contributed by atoms with van der Waals surface area (Å²) in [5, 5.41) is 3.29. The number of methoxy groups -OCH3 is 2. The van der Waals surface area contributed by atoms with Crippen molar-refractivity contribution in [3.8, 4) is 11.5 Å². The lowest BCUT2D eigenvalue weighted by atomic mass is 10.1. The fourth-order valence-electron chi connectivity index (χ4n) is 2.51. The number of esters is 1. The number of rotatable bonds is 9. The number of nitrogens with one attached hydrogen (secondary N) is 1. The van der Waals surface area contributed by atoms with Gasteiger partial charge in [-0.15, -0.1) is 0 Å². The zero-order valence-electron chi connectivity index (χ0n) is 15.5. The van der Waals surface area contributed by atoms with Crippen LogP contribution in [0.25, 0.3) is 0 Å². The van der Waals surface area contributed by atoms with Crippen molar-refractivity contribution in [2.45, 2.75) is 19.8 Å². The first-order chi connectivity index (χ1) is 12.6. The quantitative estimate of drug-likeness (QED) is 0.527. The molecule has 0 aliphatic carbocycles. The van der Waals surface area contributed by atoms with E-state index in [0.717, 1.165) is 24.1 Å². The van der Waals surface area contributed by atoms with Gasteiger partial charge in [0.15, 0.2) is 11.5 Å². The molecule has 0 radical (unpaired) electrons. The van der Waals surface area contributed by atoms with Crippen LogP contribution in [0.2, 0.25) is 0 Å². The van der Waals surface area contributed by atoms with Gasteiger partial charge in [0, 0.05) is 6.54 Å². The van der Waals surface area contributed by atoms with E-state index in [-0.39, 0.29) is 5.97 Å². The Labute approximate surface area is 154 Å². The summed E-state index contributed by atoms with van der Waals surface area (Å²) in [6.45, 7) is 3.05. The smallest absolute Gasteiger partial charge is 0.338 e. The Hall–Kier alpha value is -2.89. The Kier molecular flexibility index (Phi) is 7.14. The maximum Gasteiger partial charge on any atom is 0.338 e. The normalized spacial score (nSPS) is 10.3. The van der Waals surface area contributed by atoms with E-state index in [9.17, 15) is 4.79 Å². The molecule has 0 aliphatic heterocycles. The summed E-state index contributed by atoms with van der Waals surface area (Å²) in [5.41, 5.74) is 8.93. The first-order valence-electron chi connectivity index (χ1n) is 8.60. The van der Waals surface area contributed by atoms with E-state index < -0.39 is 0 Å². The van der Waals surface area contributed by atoms with E-state index in [1.54, 1.807) is 32.4 Å². The highest BCUT2D eigenvalue weighted by Gasteiger charge is 2.09. The van der Waals surface area contributed by atoms with Crippen molar-refractivity contribution in [3.05, 3.63) is 47.5 Å². The monoisotopic (exact) mass is 358 g/mol. The minimum atomic E-state index is -0.351. The molecule has 0 spiro atoms. The lowest BCUT2D eigenvalue weighted by Gasteiger charge is -2.12. The third kappa shape index (κ3) is 5.05. The molecule has 0 bridgehead atoms. The second-order valence-corrected chi connectivity index (χ2v) is 5.80. The molecule has 0 atom stereocenters. The summed E-state index contributed by atoms with van der Waals surface area (Å²) < 4.78 is 15.7. The fraction of sp³-hybridized carbons (Fsp3) is 0.350. The van der Waals surface area contributed by atoms with E-state index in [1.165, 1.54) is 0 Å². The van der Waals surface area contributed by atoms with Crippen molar-refractivity contribution >= 4 is 17.3 Å². The van der Waals surface area contributed by atoms with Gasteiger partial charge in [-0.1, -0.05) is 13.0 Å². The van der Waals surface area contributed by atoms with Crippen LogP contribution in [-0.4, -0.2) is 33.3 Å². The third-order valence-corrected chi connectivity index (χ3v) is 3.90. The molecule has 6 heteroatoms. The van der Waals surface area contributed by atoms with E-state index in [4.69, 9.17) is 19.9 Å². The van der Waals surface area contributed by atoms with Gasteiger partial charge in [-0.2, -0.15) is 0 Å². The molecule has 2 aromatic carbocycles. The van der Waals surface area contributed by atoms with E-state index in [0.29, 0.717) is 35.9 Å². The first-order valence-corrected chi connectivity index (χ1v) is 8.60. The second kappa shape index (κ2) is 9.56. The van der Waals surface area contributed by atoms with Gasteiger partial charge in [0.2, 0.25) is 0 Å². The standard InChI is InChI=1S/C20H26N2O4/c1-4-11-26-20(23)15-6-7-17(16(21)13-15)22-10-9-14-5-8-18(24-2)19(12-14)25-3/h5-8,12-13,22H,4,9-11,21H2,1-3H3. The van der Waals surface area contributed by atoms with Gasteiger partial charge in [-0.05, 0) is 48.7 Å². The predicted molar refractivity (Wildman–Crippen MR) is 103 cm³/mol. The SMILES string of the molecule is CCCOC(=O)c1ccc(NCCc2ccc(OC)c(OC)c2)c(N)c1. The molecule has 0 fully saturated rings. The highest BCUT2D eigenvalue weighted by atomic mass is 16.5. The average molecular weight is 358 g/mol. The molecule has 0 amide bonds. The number of nitrogen functional groups attached to an aromatic ring is 1. The Balaban J connectivity index is 1.94. The Morgan fingerprint density at radius 1 is 1.08 bits per heavy atom. The van der Waals surface area contributed by atoms with Crippen molar-refractivity contribution in [3.63, 3.8) is 0 Å². The molecule has 3 N–H and O–H groups in total. The second-order valence-electron chi connectivity index (χ2n) is 5.80. The number of ether oxygens (including phenoxy) is 3. The lowest BCUT2D eigenvalue weighted by molar-refractivity contribution is 0.0505. The van der Waals surface area contributed by atoms with Crippen LogP contribution in [0.1, 0.15) is 29.3 Å². The van der Waals surface area contributed by atoms with Gasteiger partial charge in [0.05, 0.1) is 37.8 Å². The number of nitrogens with two attached hydrogens (primary N) is 1. The van der Waals surface area contributed by atoms with E-state index in [1.807, 2.05) is 25.1 Å². The molecule has 0 aliphatic rings. The minimum Gasteiger partial charge on any atom is -0.493 e. The Bertz CT molecular complexity index is 747. The molecule has 140 valence electrons. The van der Waals surface area contributed by atoms with Crippen LogP contribution >= 0.6 is 0 Å². The van der Waals surface area contributed by atoms with Crippen molar-refractivity contribution in [1.82, 2.24) is 0 Å². The molecule has 2 aromatic rings. The molecule has 6 nitrogen and oxygen atoms in total. The zero-order valence-corrected chi connectivity index (χ0v) is 15.5. The number of hydrogen-bond acceptors (Lipinski definition) is 6. The highest BCUT2D eigenvalue weighted by Crippen LogP contribution is 2.28. The topological polar surface area (TPSA) is 82.8 Å². The van der Waals surface area contributed by atoms with Crippen molar-refractivity contribution in [2.24, 2.45) is 0 Å². The maximum atomic E-state index is 11.9. The molecule has 0 saturated heterocycles. The number of carbonyl (C=O) groups excluding carboxylic acids is 1. The van der Waals surface area contributed by atoms with Crippen LogP contribution in [0.5, 0.6) is 11.5 Å². The third-order valence-electron chi connectivity index (χ3n) is 3.90. The van der Waals surface area contributed by atoms with Crippen molar-refractivity contribution < 1.29 is 19.0 Å². The molecule has 26 heavy (non-hydrogen) atoms. The summed E-state index contributed by atoms with van der Waals surface area (Å²) >= 11 is 0. The summed E-state index contributed by atoms with van der Waals surface area (Å²) in [6.07, 6.45) is 1.58. The van der Waals surface area contributed by atoms with Crippen LogP contribution < -0.4 is 20.5 Å². The molecule has 0 unspecified atom stereocenters. The first kappa shape index (κ1) is 19.4. The number of benzene rings is 2. The van der Waals surface area contributed by atoms with Crippen LogP contribution in [0.4, 0.5) is 11.4 Å². The van der Waals surface area contributed by atoms with Crippen LogP contribution in [0, 0.1) is 0 Å². The molecular formula is C20H26N2O4. The average Bonchev–Trinajstić information content (AvgIpc) is 2.67. The largest absolute Gasteiger partial charge is 0.493 e. The molecule has 0 aromatic heterocycles. The molecule has 0 heterocycles. The van der Waals surface area contributed by atoms with Crippen LogP contribution in [0.15, 0.2) is 36.4 Å². The number of anilines is 2. The fourth-order valence-corrected chi connectivity index (χ4v) is 2.51. The van der Waals surface area contributed by atoms with E-state index in [2.05, 4.69) is 5.32 Å². The van der Waals surface area contributed by atoms with Gasteiger partial charge in [-0.25, -0.2) is 4.79 Å². The van der Waals surface area contributed by atoms with Crippen LogP contribution in [-0.2, 0) is 11.2 Å². The molecule has 2 rings (SSSR count). The van der Waals surface area contributed by atoms with Crippen molar-refractivity contribution in [2.75, 3.05) is 38.4 Å². The van der Waals surface area contributed by atoms with Crippen LogP contribution in [0.3, 0.4) is 0 Å². The molecule has 0 saturated carbocycles. The predicted octanol–water partition coefficient (Wildman–Crippen LogP) is 3.51. The van der Waals surface area contributed by atoms with E-state index >= 15 is 0 Å².